The molecule has 2 fully saturated rings. The Morgan fingerprint density at radius 1 is 0.900 bits per heavy atom. The average Bonchev–Trinajstić information content (AvgIpc) is 2.96. The molecule has 2 aromatic rings. The smallest absolute Gasteiger partial charge is 0.312 e. The summed E-state index contributed by atoms with van der Waals surface area (Å²) >= 11 is 0. The van der Waals surface area contributed by atoms with Crippen LogP contribution < -0.4 is 0 Å². The highest BCUT2D eigenvalue weighted by atomic mass is 16.2. The molecule has 4 nitrogen and oxygen atoms in total. The summed E-state index contributed by atoms with van der Waals surface area (Å²) in [5, 5.41) is 0. The van der Waals surface area contributed by atoms with Crippen molar-refractivity contribution in [2.75, 3.05) is 6.54 Å². The third-order valence-electron chi connectivity index (χ3n) is 6.58. The van der Waals surface area contributed by atoms with Crippen molar-refractivity contribution in [3.8, 4) is 0 Å². The van der Waals surface area contributed by atoms with E-state index in [1.54, 1.807) is 4.90 Å². The van der Waals surface area contributed by atoms with Crippen LogP contribution in [0.25, 0.3) is 0 Å². The Labute approximate surface area is 179 Å². The highest BCUT2D eigenvalue weighted by Gasteiger charge is 2.52. The van der Waals surface area contributed by atoms with E-state index < -0.39 is 5.91 Å². The van der Waals surface area contributed by atoms with Crippen molar-refractivity contribution in [3.05, 3.63) is 71.8 Å². The molecule has 0 spiro atoms. The molecule has 2 bridgehead atoms. The van der Waals surface area contributed by atoms with Crippen LogP contribution in [-0.4, -0.2) is 34.2 Å². The number of rotatable bonds is 4. The summed E-state index contributed by atoms with van der Waals surface area (Å²) in [4.78, 5) is 30.4. The van der Waals surface area contributed by atoms with E-state index in [0.29, 0.717) is 19.6 Å². The number of carbonyl (C=O) groups is 2. The maximum Gasteiger partial charge on any atom is 0.312 e. The monoisotopic (exact) mass is 404 g/mol. The molecule has 1 aliphatic heterocycles. The summed E-state index contributed by atoms with van der Waals surface area (Å²) in [5.74, 6) is -0.732. The van der Waals surface area contributed by atoms with E-state index in [4.69, 9.17) is 0 Å². The molecule has 2 amide bonds. The fraction of sp³-hybridized carbons (Fsp3) is 0.462. The standard InChI is InChI=1S/C26H32N2O2/c1-25(2)14-22-15-26(3,18-25)19-28(22)24(30)23(29)27(16-20-10-6-4-7-11-20)17-21-12-8-5-9-13-21/h4-13,22H,14-19H2,1-3H3. The lowest BCUT2D eigenvalue weighted by Crippen LogP contribution is -2.47. The van der Waals surface area contributed by atoms with E-state index >= 15 is 0 Å². The summed E-state index contributed by atoms with van der Waals surface area (Å²) in [6.07, 6.45) is 3.08. The Hall–Kier alpha value is -2.62. The molecular weight excluding hydrogens is 372 g/mol. The molecule has 158 valence electrons. The maximum atomic E-state index is 13.4. The fourth-order valence-electron chi connectivity index (χ4n) is 5.76. The van der Waals surface area contributed by atoms with Crippen LogP contribution in [0.2, 0.25) is 0 Å². The number of fused-ring (bicyclic) bond motifs is 2. The molecular formula is C26H32N2O2. The van der Waals surface area contributed by atoms with Gasteiger partial charge in [-0.2, -0.15) is 0 Å². The largest absolute Gasteiger partial charge is 0.331 e. The predicted octanol–water partition coefficient (Wildman–Crippen LogP) is 4.64. The summed E-state index contributed by atoms with van der Waals surface area (Å²) in [6.45, 7) is 8.39. The first-order chi connectivity index (χ1) is 14.2. The van der Waals surface area contributed by atoms with E-state index in [2.05, 4.69) is 20.8 Å². The van der Waals surface area contributed by atoms with Crippen LogP contribution in [0.3, 0.4) is 0 Å². The molecule has 2 aromatic carbocycles. The van der Waals surface area contributed by atoms with E-state index in [9.17, 15) is 9.59 Å². The number of benzene rings is 2. The minimum absolute atomic E-state index is 0.117. The first-order valence-electron chi connectivity index (χ1n) is 10.9. The van der Waals surface area contributed by atoms with E-state index in [1.807, 2.05) is 65.6 Å². The predicted molar refractivity (Wildman–Crippen MR) is 118 cm³/mol. The molecule has 0 aromatic heterocycles. The van der Waals surface area contributed by atoms with Gasteiger partial charge >= 0.3 is 11.8 Å². The zero-order valence-corrected chi connectivity index (χ0v) is 18.3. The number of hydrogen-bond acceptors (Lipinski definition) is 2. The topological polar surface area (TPSA) is 40.6 Å². The molecule has 1 heterocycles. The SMILES string of the molecule is CC1(C)CC2CC(C)(CN2C(=O)C(=O)N(Cc2ccccc2)Cc2ccccc2)C1. The summed E-state index contributed by atoms with van der Waals surface area (Å²) in [7, 11) is 0. The van der Waals surface area contributed by atoms with E-state index in [-0.39, 0.29) is 22.8 Å². The Morgan fingerprint density at radius 2 is 1.43 bits per heavy atom. The van der Waals surface area contributed by atoms with Gasteiger partial charge in [0.15, 0.2) is 0 Å². The fourth-order valence-corrected chi connectivity index (χ4v) is 5.76. The Morgan fingerprint density at radius 3 is 1.97 bits per heavy atom. The van der Waals surface area contributed by atoms with E-state index in [0.717, 1.165) is 30.4 Å². The Bertz CT molecular complexity index is 868. The minimum atomic E-state index is -0.392. The van der Waals surface area contributed by atoms with Crippen LogP contribution in [0, 0.1) is 10.8 Å². The second-order valence-corrected chi connectivity index (χ2v) is 10.3. The highest BCUT2D eigenvalue weighted by Crippen LogP contribution is 2.52. The van der Waals surface area contributed by atoms with Crippen LogP contribution in [-0.2, 0) is 22.7 Å². The maximum absolute atomic E-state index is 13.4. The van der Waals surface area contributed by atoms with Gasteiger partial charge in [-0.1, -0.05) is 81.4 Å². The zero-order chi connectivity index (χ0) is 21.4. The lowest BCUT2D eigenvalue weighted by Gasteiger charge is -2.39. The lowest BCUT2D eigenvalue weighted by atomic mass is 9.65. The van der Waals surface area contributed by atoms with Crippen molar-refractivity contribution in [3.63, 3.8) is 0 Å². The number of amides is 2. The van der Waals surface area contributed by atoms with E-state index in [1.165, 1.54) is 0 Å². The van der Waals surface area contributed by atoms with Crippen LogP contribution in [0.15, 0.2) is 60.7 Å². The third kappa shape index (κ3) is 4.43. The van der Waals surface area contributed by atoms with Gasteiger partial charge in [0, 0.05) is 25.7 Å². The van der Waals surface area contributed by atoms with Crippen molar-refractivity contribution in [2.24, 2.45) is 10.8 Å². The molecule has 2 atom stereocenters. The van der Waals surface area contributed by atoms with Crippen LogP contribution in [0.5, 0.6) is 0 Å². The molecule has 2 aliphatic rings. The molecule has 2 unspecified atom stereocenters. The second kappa shape index (κ2) is 7.90. The van der Waals surface area contributed by atoms with Gasteiger partial charge in [0.25, 0.3) is 0 Å². The zero-order valence-electron chi connectivity index (χ0n) is 18.3. The Balaban J connectivity index is 1.55. The molecule has 1 saturated carbocycles. The Kier molecular flexibility index (Phi) is 5.44. The van der Waals surface area contributed by atoms with Crippen LogP contribution >= 0.6 is 0 Å². The second-order valence-electron chi connectivity index (χ2n) is 10.3. The first-order valence-corrected chi connectivity index (χ1v) is 10.9. The number of likely N-dealkylation sites (tertiary alicyclic amines) is 1. The van der Waals surface area contributed by atoms with Gasteiger partial charge in [0.05, 0.1) is 0 Å². The lowest BCUT2D eigenvalue weighted by molar-refractivity contribution is -0.153. The van der Waals surface area contributed by atoms with Gasteiger partial charge in [-0.15, -0.1) is 0 Å². The molecule has 1 aliphatic carbocycles. The molecule has 0 radical (unpaired) electrons. The van der Waals surface area contributed by atoms with Gasteiger partial charge in [-0.3, -0.25) is 9.59 Å². The molecule has 0 N–H and O–H groups in total. The molecule has 4 rings (SSSR count). The molecule has 1 saturated heterocycles. The number of carbonyl (C=O) groups excluding carboxylic acids is 2. The van der Waals surface area contributed by atoms with Gasteiger partial charge in [-0.05, 0) is 41.2 Å². The quantitative estimate of drug-likeness (QED) is 0.697. The van der Waals surface area contributed by atoms with Crippen molar-refractivity contribution in [2.45, 2.75) is 59.2 Å². The summed E-state index contributed by atoms with van der Waals surface area (Å²) in [6, 6.07) is 20.0. The normalized spacial score (nSPS) is 24.5. The van der Waals surface area contributed by atoms with Crippen molar-refractivity contribution in [1.29, 1.82) is 0 Å². The number of nitrogens with zero attached hydrogens (tertiary/aromatic N) is 2. The summed E-state index contributed by atoms with van der Waals surface area (Å²) in [5.41, 5.74) is 2.39. The highest BCUT2D eigenvalue weighted by molar-refractivity contribution is 6.35. The van der Waals surface area contributed by atoms with Crippen molar-refractivity contribution in [1.82, 2.24) is 9.80 Å². The van der Waals surface area contributed by atoms with Gasteiger partial charge < -0.3 is 9.80 Å². The van der Waals surface area contributed by atoms with Gasteiger partial charge in [0.1, 0.15) is 0 Å². The van der Waals surface area contributed by atoms with Gasteiger partial charge in [0.2, 0.25) is 0 Å². The van der Waals surface area contributed by atoms with Gasteiger partial charge in [-0.25, -0.2) is 0 Å². The first kappa shape index (κ1) is 20.6. The third-order valence-corrected chi connectivity index (χ3v) is 6.58. The minimum Gasteiger partial charge on any atom is -0.331 e. The van der Waals surface area contributed by atoms with Crippen LogP contribution in [0.4, 0.5) is 0 Å². The van der Waals surface area contributed by atoms with Crippen molar-refractivity contribution >= 4 is 11.8 Å². The molecule has 30 heavy (non-hydrogen) atoms. The number of hydrogen-bond donors (Lipinski definition) is 0. The molecule has 4 heteroatoms. The summed E-state index contributed by atoms with van der Waals surface area (Å²) < 4.78 is 0. The van der Waals surface area contributed by atoms with Crippen LogP contribution in [0.1, 0.15) is 51.2 Å². The van der Waals surface area contributed by atoms with Crippen molar-refractivity contribution < 1.29 is 9.59 Å². The average molecular weight is 405 g/mol.